The molecular formula is C50H59N9O8S2. The Morgan fingerprint density at radius 1 is 0.522 bits per heavy atom. The van der Waals surface area contributed by atoms with Gasteiger partial charge in [-0.1, -0.05) is 131 Å². The molecule has 6 amide bonds. The summed E-state index contributed by atoms with van der Waals surface area (Å²) in [5.74, 6) is -5.73. The molecule has 1 aromatic heterocycles. The maximum absolute atomic E-state index is 14.8. The summed E-state index contributed by atoms with van der Waals surface area (Å²) in [4.78, 5) is 102. The van der Waals surface area contributed by atoms with E-state index in [2.05, 4.69) is 36.9 Å². The second-order valence-electron chi connectivity index (χ2n) is 16.8. The van der Waals surface area contributed by atoms with Crippen LogP contribution in [-0.2, 0) is 59.2 Å². The third kappa shape index (κ3) is 15.7. The Hall–Kier alpha value is -6.67. The van der Waals surface area contributed by atoms with Gasteiger partial charge in [-0.25, -0.2) is 4.79 Å². The number of rotatable bonds is 13. The number of aromatic nitrogens is 1. The van der Waals surface area contributed by atoms with Crippen molar-refractivity contribution < 1.29 is 38.7 Å². The topological polar surface area (TPSA) is 280 Å². The molecule has 5 aromatic rings. The average Bonchev–Trinajstić information content (AvgIpc) is 3.76. The van der Waals surface area contributed by atoms with Crippen LogP contribution in [0.1, 0.15) is 41.5 Å². The summed E-state index contributed by atoms with van der Waals surface area (Å²) in [6, 6.07) is 25.4. The third-order valence-corrected chi connectivity index (χ3v) is 14.0. The molecule has 7 unspecified atom stereocenters. The minimum absolute atomic E-state index is 0.00550. The molecule has 7 atom stereocenters. The predicted octanol–water partition coefficient (Wildman–Crippen LogP) is 2.28. The molecule has 12 N–H and O–H groups in total. The van der Waals surface area contributed by atoms with Gasteiger partial charge in [0.1, 0.15) is 36.3 Å². The number of aromatic amines is 1. The van der Waals surface area contributed by atoms with Crippen molar-refractivity contribution in [1.29, 1.82) is 0 Å². The van der Waals surface area contributed by atoms with E-state index in [-0.39, 0.29) is 43.6 Å². The molecule has 6 rings (SSSR count). The van der Waals surface area contributed by atoms with Gasteiger partial charge in [0.25, 0.3) is 0 Å². The number of carboxylic acids is 1. The van der Waals surface area contributed by atoms with Crippen molar-refractivity contribution in [3.8, 4) is 0 Å². The Labute approximate surface area is 408 Å². The largest absolute Gasteiger partial charge is 0.480 e. The van der Waals surface area contributed by atoms with Gasteiger partial charge in [-0.05, 0) is 54.1 Å². The van der Waals surface area contributed by atoms with Gasteiger partial charge >= 0.3 is 5.97 Å². The summed E-state index contributed by atoms with van der Waals surface area (Å²) in [6.45, 7) is 0.309. The molecule has 4 aromatic carbocycles. The molecule has 17 nitrogen and oxygen atoms in total. The first-order chi connectivity index (χ1) is 33.4. The van der Waals surface area contributed by atoms with Gasteiger partial charge in [0.05, 0.1) is 6.04 Å². The lowest BCUT2D eigenvalue weighted by Gasteiger charge is -2.28. The number of amides is 6. The Morgan fingerprint density at radius 3 is 1.45 bits per heavy atom. The van der Waals surface area contributed by atoms with Gasteiger partial charge in [-0.2, -0.15) is 0 Å². The summed E-state index contributed by atoms with van der Waals surface area (Å²) < 4.78 is 0. The lowest BCUT2D eigenvalue weighted by molar-refractivity contribution is -0.141. The zero-order valence-electron chi connectivity index (χ0n) is 37.9. The number of nitrogens with one attached hydrogen (secondary N) is 7. The number of aliphatic carboxylic acids is 1. The normalized spacial score (nSPS) is 22.8. The number of nitrogens with two attached hydrogens (primary N) is 2. The van der Waals surface area contributed by atoms with E-state index in [0.29, 0.717) is 41.6 Å². The highest BCUT2D eigenvalue weighted by Crippen LogP contribution is 2.24. The zero-order chi connectivity index (χ0) is 49.1. The molecule has 0 aliphatic carbocycles. The fourth-order valence-corrected chi connectivity index (χ4v) is 10.1. The van der Waals surface area contributed by atoms with E-state index < -0.39 is 83.7 Å². The number of benzene rings is 4. The van der Waals surface area contributed by atoms with Crippen LogP contribution in [0, 0.1) is 0 Å². The van der Waals surface area contributed by atoms with Crippen molar-refractivity contribution in [2.24, 2.45) is 11.5 Å². The van der Waals surface area contributed by atoms with E-state index in [1.807, 2.05) is 36.4 Å². The molecule has 19 heteroatoms. The van der Waals surface area contributed by atoms with Crippen LogP contribution in [0.3, 0.4) is 0 Å². The maximum Gasteiger partial charge on any atom is 0.327 e. The first kappa shape index (κ1) is 51.7. The highest BCUT2D eigenvalue weighted by Gasteiger charge is 2.35. The standard InChI is InChI=1S/C50H59N9O8S2/c51-23-13-12-22-38-45(61)56-41(26-33-18-8-3-9-19-33)48(64)59-43(50(66)67)30-69-68-29-36(52)44(60)55-39(24-31-14-4-1-5-15-31)46(62)57-40(25-32-16-6-2-7-17-32)47(63)58-42(49(65)54-38)27-34-28-53-37-21-11-10-20-35(34)37/h1-11,14-21,28,36,38-43,53H,12-13,22-27,29-30,51-52H2,(H,54,65)(H,55,60)(H,56,61)(H,57,62)(H,58,63)(H,59,64)(H,66,67). The molecule has 1 aliphatic rings. The Balaban J connectivity index is 1.39. The number of carboxylic acid groups (broad SMARTS) is 1. The Morgan fingerprint density at radius 2 is 0.942 bits per heavy atom. The maximum atomic E-state index is 14.8. The Bertz CT molecular complexity index is 2520. The second-order valence-corrected chi connectivity index (χ2v) is 19.4. The minimum atomic E-state index is -1.41. The van der Waals surface area contributed by atoms with E-state index in [4.69, 9.17) is 11.5 Å². The van der Waals surface area contributed by atoms with Crippen LogP contribution in [0.2, 0.25) is 0 Å². The van der Waals surface area contributed by atoms with Gasteiger partial charge in [-0.3, -0.25) is 28.8 Å². The highest BCUT2D eigenvalue weighted by molar-refractivity contribution is 8.76. The molecule has 1 fully saturated rings. The quantitative estimate of drug-likeness (QED) is 0.0602. The van der Waals surface area contributed by atoms with Crippen LogP contribution in [0.4, 0.5) is 0 Å². The van der Waals surface area contributed by atoms with Crippen molar-refractivity contribution in [2.45, 2.75) is 87.2 Å². The second kappa shape index (κ2) is 26.2. The predicted molar refractivity (Wildman–Crippen MR) is 267 cm³/mol. The molecule has 0 radical (unpaired) electrons. The van der Waals surface area contributed by atoms with Crippen molar-refractivity contribution in [3.63, 3.8) is 0 Å². The molecule has 364 valence electrons. The smallest absolute Gasteiger partial charge is 0.327 e. The number of hydrogen-bond acceptors (Lipinski definition) is 11. The van der Waals surface area contributed by atoms with Crippen LogP contribution in [0.5, 0.6) is 0 Å². The first-order valence-electron chi connectivity index (χ1n) is 22.8. The van der Waals surface area contributed by atoms with E-state index >= 15 is 0 Å². The minimum Gasteiger partial charge on any atom is -0.480 e. The summed E-state index contributed by atoms with van der Waals surface area (Å²) >= 11 is 0. The van der Waals surface area contributed by atoms with Crippen molar-refractivity contribution >= 4 is 73.9 Å². The monoisotopic (exact) mass is 977 g/mol. The number of fused-ring (bicyclic) bond motifs is 1. The van der Waals surface area contributed by atoms with E-state index in [1.54, 1.807) is 85.1 Å². The SMILES string of the molecule is NCCCCC1NC(=O)C(Cc2c[nH]c3ccccc23)NC(=O)C(Cc2ccccc2)NC(=O)C(Cc2ccccc2)NC(=O)C(N)CSSCC(C(=O)O)NC(=O)C(Cc2ccccc2)NC1=O. The van der Waals surface area contributed by atoms with Gasteiger partial charge in [0.15, 0.2) is 0 Å². The van der Waals surface area contributed by atoms with Crippen LogP contribution in [0.25, 0.3) is 10.9 Å². The summed E-state index contributed by atoms with van der Waals surface area (Å²) in [5, 5.41) is 27.7. The van der Waals surface area contributed by atoms with E-state index in [1.165, 1.54) is 0 Å². The fourth-order valence-electron chi connectivity index (χ4n) is 7.80. The first-order valence-corrected chi connectivity index (χ1v) is 25.3. The molecule has 1 saturated heterocycles. The fraction of sp³-hybridized carbons (Fsp3) is 0.340. The number of H-pyrrole nitrogens is 1. The molecule has 1 aliphatic heterocycles. The van der Waals surface area contributed by atoms with Gasteiger partial charge in [0, 0.05) is 54.3 Å². The number of unbranched alkanes of at least 4 members (excludes halogenated alkanes) is 1. The third-order valence-electron chi connectivity index (χ3n) is 11.6. The van der Waals surface area contributed by atoms with Crippen molar-refractivity contribution in [2.75, 3.05) is 18.1 Å². The average molecular weight is 978 g/mol. The summed E-state index contributed by atoms with van der Waals surface area (Å²) in [6.07, 6.45) is 2.75. The summed E-state index contributed by atoms with van der Waals surface area (Å²) in [5.41, 5.74) is 15.7. The highest BCUT2D eigenvalue weighted by atomic mass is 33.1. The number of carbonyl (C=O) groups excluding carboxylic acids is 6. The van der Waals surface area contributed by atoms with Crippen LogP contribution >= 0.6 is 21.6 Å². The lowest BCUT2D eigenvalue weighted by atomic mass is 10.00. The number of carbonyl (C=O) groups is 7. The molecule has 0 saturated carbocycles. The lowest BCUT2D eigenvalue weighted by Crippen LogP contribution is -2.60. The molecule has 0 bridgehead atoms. The van der Waals surface area contributed by atoms with Crippen LogP contribution < -0.4 is 43.4 Å². The van der Waals surface area contributed by atoms with Crippen molar-refractivity contribution in [1.82, 2.24) is 36.9 Å². The molecule has 69 heavy (non-hydrogen) atoms. The zero-order valence-corrected chi connectivity index (χ0v) is 39.6. The van der Waals surface area contributed by atoms with Crippen LogP contribution in [0.15, 0.2) is 121 Å². The van der Waals surface area contributed by atoms with Gasteiger partial charge < -0.3 is 53.5 Å². The molecule has 2 heterocycles. The van der Waals surface area contributed by atoms with E-state index in [9.17, 15) is 38.7 Å². The molecular weight excluding hydrogens is 919 g/mol. The molecule has 0 spiro atoms. The van der Waals surface area contributed by atoms with Gasteiger partial charge in [0.2, 0.25) is 35.4 Å². The van der Waals surface area contributed by atoms with Crippen molar-refractivity contribution in [3.05, 3.63) is 144 Å². The van der Waals surface area contributed by atoms with E-state index in [0.717, 1.165) is 32.5 Å². The van der Waals surface area contributed by atoms with Crippen LogP contribution in [-0.4, -0.2) is 112 Å². The Kier molecular flexibility index (Phi) is 19.6. The number of para-hydroxylation sites is 1. The van der Waals surface area contributed by atoms with Gasteiger partial charge in [-0.15, -0.1) is 0 Å². The summed E-state index contributed by atoms with van der Waals surface area (Å²) in [7, 11) is 2.18. The number of hydrogen-bond donors (Lipinski definition) is 10.